The molecule has 8 heteroatoms. The predicted molar refractivity (Wildman–Crippen MR) is 132 cm³/mol. The van der Waals surface area contributed by atoms with Crippen molar-refractivity contribution in [3.05, 3.63) is 42.0 Å². The van der Waals surface area contributed by atoms with E-state index < -0.39 is 0 Å². The highest BCUT2D eigenvalue weighted by atomic mass is 127. The summed E-state index contributed by atoms with van der Waals surface area (Å²) in [6, 6.07) is 8.73. The smallest absolute Gasteiger partial charge is 0.191 e. The van der Waals surface area contributed by atoms with Gasteiger partial charge in [-0.15, -0.1) is 24.0 Å². The highest BCUT2D eigenvalue weighted by molar-refractivity contribution is 14.0. The second-order valence-corrected chi connectivity index (χ2v) is 8.78. The summed E-state index contributed by atoms with van der Waals surface area (Å²) in [6.45, 7) is 11.1. The van der Waals surface area contributed by atoms with Gasteiger partial charge in [0.25, 0.3) is 0 Å². The van der Waals surface area contributed by atoms with Crippen molar-refractivity contribution in [1.82, 2.24) is 25.4 Å². The maximum absolute atomic E-state index is 5.80. The lowest BCUT2D eigenvalue weighted by molar-refractivity contribution is 0.271. The van der Waals surface area contributed by atoms with Crippen LogP contribution in [-0.2, 0) is 18.4 Å². The zero-order valence-electron chi connectivity index (χ0n) is 18.7. The van der Waals surface area contributed by atoms with E-state index >= 15 is 0 Å². The summed E-state index contributed by atoms with van der Waals surface area (Å²) in [6.07, 6.45) is 3.60. The van der Waals surface area contributed by atoms with E-state index in [0.717, 1.165) is 50.1 Å². The van der Waals surface area contributed by atoms with Crippen molar-refractivity contribution in [2.24, 2.45) is 10.9 Å². The van der Waals surface area contributed by atoms with Crippen LogP contribution in [-0.4, -0.2) is 47.0 Å². The maximum Gasteiger partial charge on any atom is 0.191 e. The Bertz CT molecular complexity index is 815. The van der Waals surface area contributed by atoms with Crippen LogP contribution in [0.3, 0.4) is 0 Å². The fraction of sp³-hybridized carbons (Fsp3) is 0.591. The molecule has 2 heterocycles. The van der Waals surface area contributed by atoms with E-state index in [0.29, 0.717) is 12.0 Å². The Kier molecular flexibility index (Phi) is 8.93. The number of rotatable bonds is 7. The molecule has 166 valence electrons. The average molecular weight is 526 g/mol. The second-order valence-electron chi connectivity index (χ2n) is 8.78. The first kappa shape index (κ1) is 24.4. The van der Waals surface area contributed by atoms with Gasteiger partial charge in [-0.3, -0.25) is 4.99 Å². The topological polar surface area (TPSA) is 76.4 Å². The molecule has 1 atom stereocenters. The number of halogens is 1. The van der Waals surface area contributed by atoms with Crippen LogP contribution >= 0.6 is 24.0 Å². The molecule has 0 amide bonds. The minimum atomic E-state index is -0.0418. The predicted octanol–water partition coefficient (Wildman–Crippen LogP) is 3.39. The molecule has 0 spiro atoms. The Morgan fingerprint density at radius 3 is 2.70 bits per heavy atom. The van der Waals surface area contributed by atoms with Crippen molar-refractivity contribution in [3.63, 3.8) is 0 Å². The van der Waals surface area contributed by atoms with Gasteiger partial charge in [0.05, 0.1) is 13.2 Å². The Morgan fingerprint density at radius 2 is 2.03 bits per heavy atom. The SMILES string of the molecule is CN=C(NCC(C)(C)c1ccc(OCC(C)C)cc1)NC1CCc2ncnn2C1.I. The number of fused-ring (bicyclic) bond motifs is 1. The van der Waals surface area contributed by atoms with Crippen molar-refractivity contribution in [1.29, 1.82) is 0 Å². The lowest BCUT2D eigenvalue weighted by Crippen LogP contribution is -2.49. The fourth-order valence-corrected chi connectivity index (χ4v) is 3.42. The number of ether oxygens (including phenoxy) is 1. The van der Waals surface area contributed by atoms with Gasteiger partial charge in [0, 0.05) is 31.5 Å². The molecule has 3 rings (SSSR count). The Labute approximate surface area is 197 Å². The number of aliphatic imine (C=N–C) groups is 1. The van der Waals surface area contributed by atoms with Crippen molar-refractivity contribution in [3.8, 4) is 5.75 Å². The molecule has 1 aliphatic rings. The normalized spacial score (nSPS) is 16.6. The molecule has 0 fully saturated rings. The van der Waals surface area contributed by atoms with E-state index in [1.54, 1.807) is 6.33 Å². The number of nitrogens with one attached hydrogen (secondary N) is 2. The molecule has 2 aromatic rings. The standard InChI is InChI=1S/C22H34N6O.HI/c1-16(2)13-29-19-9-6-17(7-10-19)22(3,4)14-24-21(23-5)27-18-8-11-20-25-15-26-28(20)12-18;/h6-7,9-10,15-16,18H,8,11-14H2,1-5H3,(H2,23,24,27);1H. The first-order valence-corrected chi connectivity index (χ1v) is 10.4. The summed E-state index contributed by atoms with van der Waals surface area (Å²) in [5.74, 6) is 3.33. The van der Waals surface area contributed by atoms with Crippen LogP contribution in [0.5, 0.6) is 5.75 Å². The van der Waals surface area contributed by atoms with Crippen LogP contribution in [0.2, 0.25) is 0 Å². The van der Waals surface area contributed by atoms with Gasteiger partial charge < -0.3 is 15.4 Å². The molecule has 0 saturated heterocycles. The Morgan fingerprint density at radius 1 is 1.30 bits per heavy atom. The fourth-order valence-electron chi connectivity index (χ4n) is 3.42. The van der Waals surface area contributed by atoms with Gasteiger partial charge in [-0.05, 0) is 30.0 Å². The largest absolute Gasteiger partial charge is 0.493 e. The lowest BCUT2D eigenvalue weighted by atomic mass is 9.84. The number of hydrogen-bond donors (Lipinski definition) is 2. The quantitative estimate of drug-likeness (QED) is 0.329. The number of aryl methyl sites for hydroxylation is 1. The molecule has 0 radical (unpaired) electrons. The highest BCUT2D eigenvalue weighted by Crippen LogP contribution is 2.25. The zero-order valence-corrected chi connectivity index (χ0v) is 21.0. The van der Waals surface area contributed by atoms with E-state index in [9.17, 15) is 0 Å². The van der Waals surface area contributed by atoms with E-state index in [2.05, 4.69) is 77.7 Å². The zero-order chi connectivity index (χ0) is 20.9. The lowest BCUT2D eigenvalue weighted by Gasteiger charge is -2.29. The minimum absolute atomic E-state index is 0. The van der Waals surface area contributed by atoms with Crippen molar-refractivity contribution in [2.45, 2.75) is 58.5 Å². The third-order valence-electron chi connectivity index (χ3n) is 5.29. The van der Waals surface area contributed by atoms with Crippen LogP contribution in [0.1, 0.15) is 45.5 Å². The van der Waals surface area contributed by atoms with E-state index in [1.165, 1.54) is 5.56 Å². The third kappa shape index (κ3) is 6.58. The molecule has 0 saturated carbocycles. The molecular formula is C22H35IN6O. The molecule has 1 aromatic carbocycles. The molecule has 1 aromatic heterocycles. The Balaban J connectivity index is 0.00000320. The van der Waals surface area contributed by atoms with Gasteiger partial charge >= 0.3 is 0 Å². The number of aromatic nitrogens is 3. The molecule has 7 nitrogen and oxygen atoms in total. The van der Waals surface area contributed by atoms with E-state index in [1.807, 2.05) is 11.7 Å². The number of benzene rings is 1. The summed E-state index contributed by atoms with van der Waals surface area (Å²) in [7, 11) is 1.81. The Hall–Kier alpha value is -1.84. The summed E-state index contributed by atoms with van der Waals surface area (Å²) < 4.78 is 7.77. The van der Waals surface area contributed by atoms with Gasteiger partial charge in [0.15, 0.2) is 5.96 Å². The molecule has 0 aliphatic carbocycles. The molecule has 1 unspecified atom stereocenters. The van der Waals surface area contributed by atoms with Gasteiger partial charge in [0.1, 0.15) is 17.9 Å². The number of guanidine groups is 1. The van der Waals surface area contributed by atoms with Crippen molar-refractivity contribution >= 4 is 29.9 Å². The maximum atomic E-state index is 5.80. The van der Waals surface area contributed by atoms with Crippen LogP contribution in [0, 0.1) is 5.92 Å². The van der Waals surface area contributed by atoms with Crippen LogP contribution in [0.25, 0.3) is 0 Å². The van der Waals surface area contributed by atoms with Crippen LogP contribution < -0.4 is 15.4 Å². The number of nitrogens with zero attached hydrogens (tertiary/aromatic N) is 4. The van der Waals surface area contributed by atoms with Gasteiger partial charge in [0.2, 0.25) is 0 Å². The monoisotopic (exact) mass is 526 g/mol. The summed E-state index contributed by atoms with van der Waals surface area (Å²) in [5.41, 5.74) is 1.22. The van der Waals surface area contributed by atoms with Crippen molar-refractivity contribution in [2.75, 3.05) is 20.2 Å². The highest BCUT2D eigenvalue weighted by Gasteiger charge is 2.23. The van der Waals surface area contributed by atoms with E-state index in [-0.39, 0.29) is 29.4 Å². The molecule has 1 aliphatic heterocycles. The second kappa shape index (κ2) is 11.0. The van der Waals surface area contributed by atoms with Crippen LogP contribution in [0.15, 0.2) is 35.6 Å². The van der Waals surface area contributed by atoms with Crippen LogP contribution in [0.4, 0.5) is 0 Å². The van der Waals surface area contributed by atoms with Gasteiger partial charge in [-0.2, -0.15) is 5.10 Å². The molecular weight excluding hydrogens is 491 g/mol. The molecule has 30 heavy (non-hydrogen) atoms. The van der Waals surface area contributed by atoms with Gasteiger partial charge in [-0.25, -0.2) is 9.67 Å². The molecule has 0 bridgehead atoms. The first-order valence-electron chi connectivity index (χ1n) is 10.4. The minimum Gasteiger partial charge on any atom is -0.493 e. The summed E-state index contributed by atoms with van der Waals surface area (Å²) >= 11 is 0. The van der Waals surface area contributed by atoms with Crippen molar-refractivity contribution < 1.29 is 4.74 Å². The summed E-state index contributed by atoms with van der Waals surface area (Å²) in [4.78, 5) is 8.69. The summed E-state index contributed by atoms with van der Waals surface area (Å²) in [5, 5.41) is 11.3. The van der Waals surface area contributed by atoms with Gasteiger partial charge in [-0.1, -0.05) is 39.8 Å². The average Bonchev–Trinajstić information content (AvgIpc) is 3.17. The molecule has 2 N–H and O–H groups in total. The third-order valence-corrected chi connectivity index (χ3v) is 5.29. The number of hydrogen-bond acceptors (Lipinski definition) is 4. The first-order chi connectivity index (χ1) is 13.9. The van der Waals surface area contributed by atoms with E-state index in [4.69, 9.17) is 4.74 Å².